The van der Waals surface area contributed by atoms with E-state index in [0.29, 0.717) is 0 Å². The zero-order chi connectivity index (χ0) is 23.3. The molecule has 0 amide bonds. The molecule has 9 heteroatoms. The van der Waals surface area contributed by atoms with Crippen molar-refractivity contribution in [1.29, 1.82) is 0 Å². The molecular weight excluding hydrogens is 419 g/mol. The summed E-state index contributed by atoms with van der Waals surface area (Å²) in [5.74, 6) is 0. The van der Waals surface area contributed by atoms with E-state index in [4.69, 9.17) is 18.3 Å². The van der Waals surface area contributed by atoms with Crippen molar-refractivity contribution in [1.82, 2.24) is 10.2 Å². The van der Waals surface area contributed by atoms with Crippen molar-refractivity contribution in [3.63, 3.8) is 0 Å². The highest BCUT2D eigenvalue weighted by Gasteiger charge is 2.50. The maximum atomic E-state index is 10.0. The van der Waals surface area contributed by atoms with Gasteiger partial charge in [0.1, 0.15) is 18.3 Å². The van der Waals surface area contributed by atoms with Crippen LogP contribution in [-0.2, 0) is 18.3 Å². The molecule has 1 heterocycles. The summed E-state index contributed by atoms with van der Waals surface area (Å²) in [6, 6.07) is 0.484. The van der Waals surface area contributed by atoms with Crippen LogP contribution in [0.5, 0.6) is 0 Å². The van der Waals surface area contributed by atoms with Gasteiger partial charge in [0.15, 0.2) is 8.32 Å². The minimum absolute atomic E-state index is 0.0698. The summed E-state index contributed by atoms with van der Waals surface area (Å²) in [4.78, 5) is 0. The summed E-state index contributed by atoms with van der Waals surface area (Å²) >= 11 is 0. The molecule has 0 aliphatic carbocycles. The van der Waals surface area contributed by atoms with Crippen LogP contribution in [-0.4, -0.2) is 67.7 Å². The van der Waals surface area contributed by atoms with Crippen LogP contribution in [0.1, 0.15) is 68.7 Å². The van der Waals surface area contributed by atoms with Crippen molar-refractivity contribution in [3.05, 3.63) is 0 Å². The van der Waals surface area contributed by atoms with Crippen molar-refractivity contribution in [2.75, 3.05) is 13.2 Å². The number of nitrogens with one attached hydrogen (secondary N) is 1. The van der Waals surface area contributed by atoms with Gasteiger partial charge in [-0.3, -0.25) is 0 Å². The molecule has 180 valence electrons. The van der Waals surface area contributed by atoms with Gasteiger partial charge in [0.2, 0.25) is 0 Å². The fourth-order valence-corrected chi connectivity index (χ4v) is 6.29. The van der Waals surface area contributed by atoms with E-state index >= 15 is 0 Å². The standard InChI is InChI=1S/C21H47N2O5PSi/c1-12-13-22-28-29(23(15(2)3)16(4)5)26-20-18(14-24)25-17(6)19(20)27-30(10,11)21(7,8)9/h15-20,22,24H,12-14H2,1-11H3/t17-,18+,19?,20?,29?/m0/s1. The fraction of sp³-hybridized carbons (Fsp3) is 1.00. The minimum Gasteiger partial charge on any atom is -0.409 e. The van der Waals surface area contributed by atoms with Crippen LogP contribution in [0, 0.1) is 0 Å². The third kappa shape index (κ3) is 7.46. The third-order valence-electron chi connectivity index (χ3n) is 5.91. The first-order chi connectivity index (χ1) is 13.8. The van der Waals surface area contributed by atoms with E-state index in [9.17, 15) is 5.11 Å². The quantitative estimate of drug-likeness (QED) is 0.185. The Morgan fingerprint density at radius 1 is 1.13 bits per heavy atom. The highest BCUT2D eigenvalue weighted by Crippen LogP contribution is 2.49. The lowest BCUT2D eigenvalue weighted by Crippen LogP contribution is -2.50. The molecule has 30 heavy (non-hydrogen) atoms. The minimum atomic E-state index is -2.05. The normalized spacial score (nSPS) is 26.9. The van der Waals surface area contributed by atoms with Crippen LogP contribution in [0.3, 0.4) is 0 Å². The molecular formula is C21H47N2O5PSi. The molecule has 0 radical (unpaired) electrons. The first kappa shape index (κ1) is 28.4. The molecule has 1 rings (SSSR count). The zero-order valence-corrected chi connectivity index (χ0v) is 23.0. The number of nitrogens with zero attached hydrogens (tertiary/aromatic N) is 1. The van der Waals surface area contributed by atoms with Gasteiger partial charge in [-0.2, -0.15) is 5.48 Å². The fourth-order valence-electron chi connectivity index (χ4n) is 3.27. The van der Waals surface area contributed by atoms with E-state index in [0.717, 1.165) is 13.0 Å². The molecule has 0 aromatic carbocycles. The molecule has 7 nitrogen and oxygen atoms in total. The van der Waals surface area contributed by atoms with Gasteiger partial charge in [0, 0.05) is 18.6 Å². The predicted octanol–water partition coefficient (Wildman–Crippen LogP) is 4.82. The van der Waals surface area contributed by atoms with Gasteiger partial charge >= 0.3 is 0 Å². The van der Waals surface area contributed by atoms with Gasteiger partial charge in [-0.05, 0) is 59.2 Å². The molecule has 1 aliphatic heterocycles. The molecule has 1 saturated heterocycles. The number of ether oxygens (including phenoxy) is 1. The Morgan fingerprint density at radius 2 is 1.70 bits per heavy atom. The van der Waals surface area contributed by atoms with Crippen molar-refractivity contribution >= 4 is 16.8 Å². The van der Waals surface area contributed by atoms with Crippen LogP contribution in [0.15, 0.2) is 0 Å². The van der Waals surface area contributed by atoms with E-state index in [1.54, 1.807) is 0 Å². The van der Waals surface area contributed by atoms with Gasteiger partial charge in [0.05, 0.1) is 12.7 Å². The highest BCUT2D eigenvalue weighted by molar-refractivity contribution is 7.44. The summed E-state index contributed by atoms with van der Waals surface area (Å²) in [5, 5.41) is 10.1. The number of hydrogen-bond donors (Lipinski definition) is 2. The number of hydrogen-bond acceptors (Lipinski definition) is 7. The molecule has 0 aromatic rings. The van der Waals surface area contributed by atoms with Gasteiger partial charge in [-0.15, -0.1) is 0 Å². The lowest BCUT2D eigenvalue weighted by atomic mass is 10.1. The Morgan fingerprint density at radius 3 is 2.13 bits per heavy atom. The topological polar surface area (TPSA) is 72.4 Å². The first-order valence-electron chi connectivity index (χ1n) is 11.4. The van der Waals surface area contributed by atoms with Crippen LogP contribution < -0.4 is 5.48 Å². The second kappa shape index (κ2) is 12.0. The van der Waals surface area contributed by atoms with E-state index in [2.05, 4.69) is 78.6 Å². The smallest absolute Gasteiger partial charge is 0.277 e. The Bertz CT molecular complexity index is 496. The van der Waals surface area contributed by atoms with E-state index < -0.39 is 29.1 Å². The molecule has 0 spiro atoms. The van der Waals surface area contributed by atoms with Crippen LogP contribution >= 0.6 is 8.53 Å². The Hall–Kier alpha value is 0.367. The molecule has 1 fully saturated rings. The summed E-state index contributed by atoms with van der Waals surface area (Å²) in [7, 11) is -3.46. The van der Waals surface area contributed by atoms with Gasteiger partial charge in [-0.25, -0.2) is 9.29 Å². The van der Waals surface area contributed by atoms with Gasteiger partial charge in [-0.1, -0.05) is 27.7 Å². The molecule has 1 aliphatic rings. The summed E-state index contributed by atoms with van der Waals surface area (Å²) in [6.07, 6.45) is -0.270. The summed E-state index contributed by atoms with van der Waals surface area (Å²) in [6.45, 7) is 24.5. The maximum Gasteiger partial charge on any atom is 0.277 e. The van der Waals surface area contributed by atoms with Gasteiger partial charge < -0.3 is 18.8 Å². The monoisotopic (exact) mass is 466 g/mol. The van der Waals surface area contributed by atoms with E-state index in [-0.39, 0.29) is 35.9 Å². The Balaban J connectivity index is 3.16. The lowest BCUT2D eigenvalue weighted by molar-refractivity contribution is -0.0168. The first-order valence-corrected chi connectivity index (χ1v) is 15.4. The van der Waals surface area contributed by atoms with Crippen molar-refractivity contribution < 1.29 is 23.4 Å². The van der Waals surface area contributed by atoms with Crippen LogP contribution in [0.2, 0.25) is 18.1 Å². The number of hydroxylamine groups is 1. The number of aliphatic hydroxyl groups is 1. The van der Waals surface area contributed by atoms with E-state index in [1.165, 1.54) is 0 Å². The molecule has 0 saturated carbocycles. The average Bonchev–Trinajstić information content (AvgIpc) is 2.88. The third-order valence-corrected chi connectivity index (χ3v) is 12.4. The van der Waals surface area contributed by atoms with Crippen molar-refractivity contribution in [3.8, 4) is 0 Å². The van der Waals surface area contributed by atoms with Crippen LogP contribution in [0.25, 0.3) is 0 Å². The predicted molar refractivity (Wildman–Crippen MR) is 127 cm³/mol. The molecule has 0 bridgehead atoms. The second-order valence-corrected chi connectivity index (χ2v) is 16.4. The molecule has 5 atom stereocenters. The SMILES string of the molecule is CCCNOP(OC1C(O[Si](C)(C)C(C)(C)C)[C@H](C)O[C@@H]1CO)N(C(C)C)C(C)C. The van der Waals surface area contributed by atoms with Crippen LogP contribution in [0.4, 0.5) is 0 Å². The lowest BCUT2D eigenvalue weighted by Gasteiger charge is -2.42. The summed E-state index contributed by atoms with van der Waals surface area (Å²) < 4.78 is 27.7. The van der Waals surface area contributed by atoms with Crippen molar-refractivity contribution in [2.24, 2.45) is 0 Å². The molecule has 2 N–H and O–H groups in total. The van der Waals surface area contributed by atoms with Crippen molar-refractivity contribution in [2.45, 2.75) is 123 Å². The Labute approximate surface area is 187 Å². The molecule has 0 aromatic heterocycles. The zero-order valence-electron chi connectivity index (χ0n) is 21.1. The largest absolute Gasteiger partial charge is 0.409 e. The average molecular weight is 467 g/mol. The maximum absolute atomic E-state index is 10.0. The van der Waals surface area contributed by atoms with Gasteiger partial charge in [0.25, 0.3) is 8.53 Å². The number of rotatable bonds is 12. The summed E-state index contributed by atoms with van der Waals surface area (Å²) in [5.41, 5.74) is 3.06. The molecule has 3 unspecified atom stereocenters. The highest BCUT2D eigenvalue weighted by atomic mass is 31.2. The second-order valence-electron chi connectivity index (χ2n) is 10.3. The Kier molecular flexibility index (Phi) is 11.4. The number of aliphatic hydroxyl groups excluding tert-OH is 1. The van der Waals surface area contributed by atoms with E-state index in [1.807, 2.05) is 6.92 Å².